The fourth-order valence-electron chi connectivity index (χ4n) is 2.77. The number of aliphatic hydroxyl groups excluding tert-OH is 1. The Morgan fingerprint density at radius 2 is 2.05 bits per heavy atom. The Labute approximate surface area is 120 Å². The van der Waals surface area contributed by atoms with E-state index in [1.165, 1.54) is 0 Å². The molecule has 2 rings (SSSR count). The van der Waals surface area contributed by atoms with Crippen molar-refractivity contribution in [1.29, 1.82) is 0 Å². The van der Waals surface area contributed by atoms with Gasteiger partial charge in [0, 0.05) is 18.3 Å². The van der Waals surface area contributed by atoms with Gasteiger partial charge in [0.25, 0.3) is 0 Å². The van der Waals surface area contributed by atoms with Crippen LogP contribution in [0.1, 0.15) is 31.2 Å². The molecule has 2 atom stereocenters. The summed E-state index contributed by atoms with van der Waals surface area (Å²) in [5.41, 5.74) is 6.81. The molecule has 112 valence electrons. The lowest BCUT2D eigenvalue weighted by Gasteiger charge is -2.30. The average Bonchev–Trinajstić information content (AvgIpc) is 2.42. The van der Waals surface area contributed by atoms with Crippen LogP contribution in [0.25, 0.3) is 0 Å². The van der Waals surface area contributed by atoms with Gasteiger partial charge in [0.05, 0.1) is 4.90 Å². The molecule has 0 bridgehead atoms. The second kappa shape index (κ2) is 6.11. The van der Waals surface area contributed by atoms with Crippen molar-refractivity contribution >= 4 is 15.7 Å². The maximum atomic E-state index is 12.5. The van der Waals surface area contributed by atoms with Gasteiger partial charge in [-0.15, -0.1) is 0 Å². The first-order valence-corrected chi connectivity index (χ1v) is 8.42. The molecular weight excluding hydrogens is 276 g/mol. The predicted octanol–water partition coefficient (Wildman–Crippen LogP) is 1.41. The first-order valence-electron chi connectivity index (χ1n) is 6.94. The zero-order chi connectivity index (χ0) is 14.8. The van der Waals surface area contributed by atoms with E-state index in [9.17, 15) is 13.5 Å². The minimum Gasteiger partial charge on any atom is -0.398 e. The van der Waals surface area contributed by atoms with Crippen molar-refractivity contribution in [2.75, 3.05) is 12.3 Å². The van der Waals surface area contributed by atoms with Crippen molar-refractivity contribution in [2.45, 2.75) is 43.5 Å². The summed E-state index contributed by atoms with van der Waals surface area (Å²) in [7, 11) is -3.60. The van der Waals surface area contributed by atoms with Crippen LogP contribution in [0.5, 0.6) is 0 Å². The minimum absolute atomic E-state index is 0.000102. The number of rotatable bonds is 4. The smallest absolute Gasteiger partial charge is 0.241 e. The molecule has 0 aromatic heterocycles. The van der Waals surface area contributed by atoms with Crippen LogP contribution in [0.4, 0.5) is 5.69 Å². The Balaban J connectivity index is 2.24. The van der Waals surface area contributed by atoms with Gasteiger partial charge in [-0.05, 0) is 43.4 Å². The summed E-state index contributed by atoms with van der Waals surface area (Å²) < 4.78 is 27.7. The number of sulfonamides is 1. The molecule has 20 heavy (non-hydrogen) atoms. The lowest BCUT2D eigenvalue weighted by molar-refractivity contribution is 0.164. The summed E-state index contributed by atoms with van der Waals surface area (Å²) in [6.07, 6.45) is 3.66. The van der Waals surface area contributed by atoms with Gasteiger partial charge in [-0.2, -0.15) is 0 Å². The zero-order valence-corrected chi connectivity index (χ0v) is 12.5. The summed E-state index contributed by atoms with van der Waals surface area (Å²) in [6, 6.07) is 4.69. The Hall–Kier alpha value is -1.11. The van der Waals surface area contributed by atoms with E-state index >= 15 is 0 Å². The van der Waals surface area contributed by atoms with Crippen LogP contribution in [0.3, 0.4) is 0 Å². The molecule has 0 radical (unpaired) electrons. The van der Waals surface area contributed by atoms with E-state index in [-0.39, 0.29) is 23.5 Å². The van der Waals surface area contributed by atoms with Crippen molar-refractivity contribution in [1.82, 2.24) is 4.72 Å². The van der Waals surface area contributed by atoms with E-state index in [0.717, 1.165) is 25.7 Å². The monoisotopic (exact) mass is 298 g/mol. The van der Waals surface area contributed by atoms with Gasteiger partial charge in [-0.3, -0.25) is 0 Å². The molecule has 1 aliphatic rings. The highest BCUT2D eigenvalue weighted by molar-refractivity contribution is 7.89. The minimum atomic E-state index is -3.60. The largest absolute Gasteiger partial charge is 0.398 e. The first kappa shape index (κ1) is 15.3. The van der Waals surface area contributed by atoms with E-state index in [1.807, 2.05) is 0 Å². The number of nitrogen functional groups attached to an aromatic ring is 1. The Morgan fingerprint density at radius 3 is 2.75 bits per heavy atom. The van der Waals surface area contributed by atoms with Gasteiger partial charge in [-0.25, -0.2) is 13.1 Å². The standard InChI is InChI=1S/C14H22N2O3S/c1-10-12(15)6-4-8-14(10)20(18,19)16-13-7-3-2-5-11(13)9-17/h4,6,8,11,13,16-17H,2-3,5,7,9,15H2,1H3. The SMILES string of the molecule is Cc1c(N)cccc1S(=O)(=O)NC1CCCCC1CO. The van der Waals surface area contributed by atoms with Gasteiger partial charge < -0.3 is 10.8 Å². The van der Waals surface area contributed by atoms with Crippen molar-refractivity contribution in [3.8, 4) is 0 Å². The lowest BCUT2D eigenvalue weighted by atomic mass is 9.86. The normalized spacial score (nSPS) is 23.7. The number of hydrogen-bond acceptors (Lipinski definition) is 4. The van der Waals surface area contributed by atoms with E-state index in [2.05, 4.69) is 4.72 Å². The van der Waals surface area contributed by atoms with Crippen LogP contribution < -0.4 is 10.5 Å². The number of hydrogen-bond donors (Lipinski definition) is 3. The van der Waals surface area contributed by atoms with Crippen molar-refractivity contribution in [2.24, 2.45) is 5.92 Å². The second-order valence-electron chi connectivity index (χ2n) is 5.43. The molecule has 1 aromatic carbocycles. The number of aliphatic hydroxyl groups is 1. The van der Waals surface area contributed by atoms with Crippen LogP contribution >= 0.6 is 0 Å². The molecule has 2 unspecified atom stereocenters. The second-order valence-corrected chi connectivity index (χ2v) is 7.11. The maximum Gasteiger partial charge on any atom is 0.241 e. The summed E-state index contributed by atoms with van der Waals surface area (Å²) in [6.45, 7) is 1.72. The van der Waals surface area contributed by atoms with Crippen LogP contribution in [0.2, 0.25) is 0 Å². The van der Waals surface area contributed by atoms with Crippen LogP contribution in [-0.4, -0.2) is 26.2 Å². The molecule has 5 nitrogen and oxygen atoms in total. The van der Waals surface area contributed by atoms with Crippen molar-refractivity contribution in [3.05, 3.63) is 23.8 Å². The van der Waals surface area contributed by atoms with E-state index < -0.39 is 10.0 Å². The summed E-state index contributed by atoms with van der Waals surface area (Å²) in [5, 5.41) is 9.37. The Bertz CT molecular complexity index is 572. The molecule has 0 heterocycles. The quantitative estimate of drug-likeness (QED) is 0.733. The van der Waals surface area contributed by atoms with Crippen molar-refractivity contribution in [3.63, 3.8) is 0 Å². The highest BCUT2D eigenvalue weighted by atomic mass is 32.2. The van der Waals surface area contributed by atoms with E-state index in [4.69, 9.17) is 5.73 Å². The summed E-state index contributed by atoms with van der Waals surface area (Å²) >= 11 is 0. The first-order chi connectivity index (χ1) is 9.45. The summed E-state index contributed by atoms with van der Waals surface area (Å²) in [4.78, 5) is 0.222. The Kier molecular flexibility index (Phi) is 4.67. The van der Waals surface area contributed by atoms with Crippen LogP contribution in [-0.2, 0) is 10.0 Å². The third-order valence-corrected chi connectivity index (χ3v) is 5.70. The molecule has 0 aliphatic heterocycles. The highest BCUT2D eigenvalue weighted by Crippen LogP contribution is 2.27. The fraction of sp³-hybridized carbons (Fsp3) is 0.571. The molecular formula is C14H22N2O3S. The zero-order valence-electron chi connectivity index (χ0n) is 11.7. The predicted molar refractivity (Wildman–Crippen MR) is 78.7 cm³/mol. The van der Waals surface area contributed by atoms with Gasteiger partial charge in [-0.1, -0.05) is 18.9 Å². The topological polar surface area (TPSA) is 92.4 Å². The molecule has 0 spiro atoms. The lowest BCUT2D eigenvalue weighted by Crippen LogP contribution is -2.43. The number of nitrogens with one attached hydrogen (secondary N) is 1. The Morgan fingerprint density at radius 1 is 1.35 bits per heavy atom. The van der Waals surface area contributed by atoms with E-state index in [1.54, 1.807) is 25.1 Å². The molecule has 0 amide bonds. The highest BCUT2D eigenvalue weighted by Gasteiger charge is 2.29. The van der Waals surface area contributed by atoms with Crippen LogP contribution in [0.15, 0.2) is 23.1 Å². The average molecular weight is 298 g/mol. The fourth-order valence-corrected chi connectivity index (χ4v) is 4.38. The van der Waals surface area contributed by atoms with E-state index in [0.29, 0.717) is 11.3 Å². The number of nitrogens with two attached hydrogens (primary N) is 1. The molecule has 1 fully saturated rings. The van der Waals surface area contributed by atoms with Crippen LogP contribution in [0, 0.1) is 12.8 Å². The maximum absolute atomic E-state index is 12.5. The molecule has 1 saturated carbocycles. The van der Waals surface area contributed by atoms with Gasteiger partial charge in [0.15, 0.2) is 0 Å². The molecule has 1 aromatic rings. The third kappa shape index (κ3) is 3.13. The molecule has 6 heteroatoms. The molecule has 0 saturated heterocycles. The number of benzene rings is 1. The van der Waals surface area contributed by atoms with Gasteiger partial charge >= 0.3 is 0 Å². The molecule has 1 aliphatic carbocycles. The third-order valence-electron chi connectivity index (χ3n) is 4.07. The number of anilines is 1. The molecule has 4 N–H and O–H groups in total. The van der Waals surface area contributed by atoms with Gasteiger partial charge in [0.2, 0.25) is 10.0 Å². The van der Waals surface area contributed by atoms with Crippen molar-refractivity contribution < 1.29 is 13.5 Å². The summed E-state index contributed by atoms with van der Waals surface area (Å²) in [5.74, 6) is -0.000102. The van der Waals surface area contributed by atoms with Gasteiger partial charge in [0.1, 0.15) is 0 Å².